The summed E-state index contributed by atoms with van der Waals surface area (Å²) in [4.78, 5) is -0.764. The van der Waals surface area contributed by atoms with E-state index in [0.717, 1.165) is 6.07 Å². The van der Waals surface area contributed by atoms with E-state index in [2.05, 4.69) is 0 Å². The normalized spacial score (nSPS) is 11.1. The molecule has 1 N–H and O–H groups in total. The van der Waals surface area contributed by atoms with Crippen molar-refractivity contribution in [2.24, 2.45) is 0 Å². The van der Waals surface area contributed by atoms with Crippen LogP contribution in [0.2, 0.25) is 0 Å². The van der Waals surface area contributed by atoms with Crippen molar-refractivity contribution in [3.05, 3.63) is 48.5 Å². The zero-order valence-corrected chi connectivity index (χ0v) is 11.7. The molecular weight excluding hydrogens is 303 g/mol. The molecular formula is C12H9O6PS. The van der Waals surface area contributed by atoms with Gasteiger partial charge in [-0.3, -0.25) is 4.55 Å². The summed E-state index contributed by atoms with van der Waals surface area (Å²) in [7, 11) is -7.93. The van der Waals surface area contributed by atoms with Gasteiger partial charge in [-0.1, -0.05) is 24.3 Å². The van der Waals surface area contributed by atoms with Gasteiger partial charge in [-0.25, -0.2) is 9.13 Å². The lowest BCUT2D eigenvalue weighted by Crippen LogP contribution is -2.12. The van der Waals surface area contributed by atoms with Crippen molar-refractivity contribution in [2.45, 2.75) is 4.90 Å². The molecule has 0 aliphatic rings. The minimum atomic E-state index is -4.74. The average Bonchev–Trinajstić information content (AvgIpc) is 2.38. The van der Waals surface area contributed by atoms with E-state index in [1.54, 1.807) is 30.3 Å². The van der Waals surface area contributed by atoms with Crippen LogP contribution in [0.5, 0.6) is 11.5 Å². The Morgan fingerprint density at radius 1 is 0.950 bits per heavy atom. The van der Waals surface area contributed by atoms with Crippen molar-refractivity contribution in [2.75, 3.05) is 0 Å². The van der Waals surface area contributed by atoms with Gasteiger partial charge in [0.2, 0.25) is 0 Å². The minimum Gasteiger partial charge on any atom is -0.456 e. The Morgan fingerprint density at radius 2 is 1.60 bits per heavy atom. The molecule has 0 unspecified atom stereocenters. The van der Waals surface area contributed by atoms with E-state index in [4.69, 9.17) is 4.74 Å². The molecule has 0 aromatic heterocycles. The van der Waals surface area contributed by atoms with E-state index in [1.807, 2.05) is 0 Å². The van der Waals surface area contributed by atoms with Crippen LogP contribution < -0.4 is 10.0 Å². The Labute approximate surface area is 115 Å². The molecule has 0 amide bonds. The van der Waals surface area contributed by atoms with Crippen LogP contribution in [-0.2, 0) is 19.2 Å². The fraction of sp³-hybridized carbons (Fsp3) is 0. The van der Waals surface area contributed by atoms with Gasteiger partial charge in [0.05, 0.1) is 5.30 Å². The lowest BCUT2D eigenvalue weighted by atomic mass is 10.3. The summed E-state index contributed by atoms with van der Waals surface area (Å²) in [6.07, 6.45) is 0. The first-order chi connectivity index (χ1) is 9.39. The van der Waals surface area contributed by atoms with Crippen LogP contribution in [0.25, 0.3) is 0 Å². The third-order valence-electron chi connectivity index (χ3n) is 2.38. The third-order valence-corrected chi connectivity index (χ3v) is 4.24. The fourth-order valence-electron chi connectivity index (χ4n) is 1.60. The number of rotatable bonds is 4. The smallest absolute Gasteiger partial charge is 0.350 e. The number of para-hydroxylation sites is 1. The van der Waals surface area contributed by atoms with E-state index in [0.29, 0.717) is 5.75 Å². The van der Waals surface area contributed by atoms with Gasteiger partial charge in [-0.2, -0.15) is 8.42 Å². The summed E-state index contributed by atoms with van der Waals surface area (Å²) < 4.78 is 59.4. The quantitative estimate of drug-likeness (QED) is 0.688. The standard InChI is InChI=1S/C12H9O6PS/c13-19(14)11-8-4-7-10(12(11)20(15,16)17)18-9-5-2-1-3-6-9/h1-8H,(H,15,16,17). The highest BCUT2D eigenvalue weighted by Crippen LogP contribution is 2.29. The largest absolute Gasteiger partial charge is 0.456 e. The monoisotopic (exact) mass is 312 g/mol. The van der Waals surface area contributed by atoms with Crippen molar-refractivity contribution in [3.63, 3.8) is 0 Å². The highest BCUT2D eigenvalue weighted by molar-refractivity contribution is 7.86. The van der Waals surface area contributed by atoms with E-state index < -0.39 is 28.0 Å². The van der Waals surface area contributed by atoms with Gasteiger partial charge in [-0.15, -0.1) is 0 Å². The zero-order chi connectivity index (χ0) is 14.8. The Bertz CT molecular complexity index is 788. The number of hydrogen-bond acceptors (Lipinski definition) is 5. The van der Waals surface area contributed by atoms with Crippen molar-refractivity contribution in [1.82, 2.24) is 0 Å². The number of hydrogen-bond donors (Lipinski definition) is 1. The second-order valence-corrected chi connectivity index (χ2v) is 6.11. The molecule has 2 aromatic carbocycles. The first kappa shape index (κ1) is 14.5. The van der Waals surface area contributed by atoms with Crippen molar-refractivity contribution < 1.29 is 26.8 Å². The maximum absolute atomic E-state index is 11.4. The second kappa shape index (κ2) is 5.58. The van der Waals surface area contributed by atoms with E-state index in [1.165, 1.54) is 12.1 Å². The van der Waals surface area contributed by atoms with Crippen molar-refractivity contribution >= 4 is 23.1 Å². The lowest BCUT2D eigenvalue weighted by molar-refractivity contribution is 0.450. The molecule has 0 saturated heterocycles. The van der Waals surface area contributed by atoms with Crippen molar-refractivity contribution in [1.29, 1.82) is 0 Å². The van der Waals surface area contributed by atoms with Gasteiger partial charge in [0.15, 0.2) is 4.90 Å². The van der Waals surface area contributed by atoms with E-state index in [9.17, 15) is 22.1 Å². The van der Waals surface area contributed by atoms with Crippen LogP contribution in [0.4, 0.5) is 0 Å². The molecule has 0 heterocycles. The summed E-state index contributed by atoms with van der Waals surface area (Å²) in [6.45, 7) is 0. The summed E-state index contributed by atoms with van der Waals surface area (Å²) in [5.74, 6) is 0.0612. The van der Waals surface area contributed by atoms with Crippen LogP contribution in [0, 0.1) is 0 Å². The lowest BCUT2D eigenvalue weighted by Gasteiger charge is -2.10. The van der Waals surface area contributed by atoms with E-state index >= 15 is 0 Å². The predicted octanol–water partition coefficient (Wildman–Crippen LogP) is 2.52. The molecule has 6 nitrogen and oxygen atoms in total. The van der Waals surface area contributed by atoms with E-state index in [-0.39, 0.29) is 5.75 Å². The SMILES string of the molecule is O=P(=O)c1cccc(Oc2ccccc2)c1S(=O)(=O)O. The Morgan fingerprint density at radius 3 is 2.15 bits per heavy atom. The molecule has 0 atom stereocenters. The predicted molar refractivity (Wildman–Crippen MR) is 70.7 cm³/mol. The minimum absolute atomic E-state index is 0.254. The first-order valence-corrected chi connectivity index (χ1v) is 7.99. The summed E-state index contributed by atoms with van der Waals surface area (Å²) in [6, 6.07) is 11.9. The molecule has 0 aliphatic heterocycles. The highest BCUT2D eigenvalue weighted by atomic mass is 32.2. The molecule has 0 fully saturated rings. The molecule has 0 bridgehead atoms. The summed E-state index contributed by atoms with van der Waals surface area (Å²) >= 11 is 0. The zero-order valence-electron chi connectivity index (χ0n) is 9.96. The molecule has 2 rings (SSSR count). The Kier molecular flexibility index (Phi) is 4.04. The topological polar surface area (TPSA) is 97.7 Å². The third kappa shape index (κ3) is 3.14. The summed E-state index contributed by atoms with van der Waals surface area (Å²) in [5, 5.41) is -0.518. The van der Waals surface area contributed by atoms with Crippen LogP contribution in [0.3, 0.4) is 0 Å². The van der Waals surface area contributed by atoms with Crippen molar-refractivity contribution in [3.8, 4) is 11.5 Å². The van der Waals surface area contributed by atoms with Gasteiger partial charge < -0.3 is 4.74 Å². The fourth-order valence-corrected chi connectivity index (χ4v) is 3.35. The second-order valence-electron chi connectivity index (χ2n) is 3.75. The van der Waals surface area contributed by atoms with Gasteiger partial charge in [0.1, 0.15) is 11.5 Å². The molecule has 0 aliphatic carbocycles. The molecule has 2 aromatic rings. The molecule has 0 radical (unpaired) electrons. The maximum Gasteiger partial charge on any atom is 0.350 e. The van der Waals surface area contributed by atoms with Crippen LogP contribution >= 0.6 is 7.68 Å². The highest BCUT2D eigenvalue weighted by Gasteiger charge is 2.24. The summed E-state index contributed by atoms with van der Waals surface area (Å²) in [5.41, 5.74) is 0. The van der Waals surface area contributed by atoms with Crippen LogP contribution in [0.1, 0.15) is 0 Å². The van der Waals surface area contributed by atoms with Gasteiger partial charge in [-0.05, 0) is 24.3 Å². The van der Waals surface area contributed by atoms with Gasteiger partial charge >= 0.3 is 7.68 Å². The number of benzene rings is 2. The number of ether oxygens (including phenoxy) is 1. The Balaban J connectivity index is 2.62. The van der Waals surface area contributed by atoms with Gasteiger partial charge in [0, 0.05) is 0 Å². The first-order valence-electron chi connectivity index (χ1n) is 5.37. The van der Waals surface area contributed by atoms with Crippen LogP contribution in [0.15, 0.2) is 53.4 Å². The Hall–Kier alpha value is -1.95. The average molecular weight is 312 g/mol. The molecule has 0 saturated carbocycles. The molecule has 20 heavy (non-hydrogen) atoms. The van der Waals surface area contributed by atoms with Gasteiger partial charge in [0.25, 0.3) is 10.1 Å². The maximum atomic E-state index is 11.4. The molecule has 104 valence electrons. The molecule has 0 spiro atoms. The molecule has 8 heteroatoms. The van der Waals surface area contributed by atoms with Crippen LogP contribution in [-0.4, -0.2) is 13.0 Å².